The minimum atomic E-state index is 0.165. The maximum Gasteiger partial charge on any atom is 0.0565 e. The van der Waals surface area contributed by atoms with Crippen LogP contribution in [0.25, 0.3) is 0 Å². The third kappa shape index (κ3) is 3.24. The monoisotopic (exact) mass is 237 g/mol. The summed E-state index contributed by atoms with van der Waals surface area (Å²) in [6.45, 7) is 0.190. The van der Waals surface area contributed by atoms with Crippen molar-refractivity contribution in [2.45, 2.75) is 29.9 Å². The maximum absolute atomic E-state index is 9.35. The summed E-state index contributed by atoms with van der Waals surface area (Å²) in [6.07, 6.45) is 2.48. The van der Waals surface area contributed by atoms with Crippen LogP contribution in [0.5, 0.6) is 0 Å². The van der Waals surface area contributed by atoms with E-state index in [0.717, 1.165) is 5.75 Å². The molecule has 1 aromatic rings. The summed E-state index contributed by atoms with van der Waals surface area (Å²) in [7, 11) is 0. The number of benzene rings is 1. The van der Waals surface area contributed by atoms with E-state index >= 15 is 0 Å². The molecule has 0 bridgehead atoms. The Kier molecular flexibility index (Phi) is 4.27. The molecule has 2 rings (SSSR count). The van der Waals surface area contributed by atoms with Crippen molar-refractivity contribution in [3.05, 3.63) is 35.9 Å². The first-order chi connectivity index (χ1) is 7.81. The van der Waals surface area contributed by atoms with Gasteiger partial charge in [-0.3, -0.25) is 0 Å². The highest BCUT2D eigenvalue weighted by atomic mass is 32.2. The Balaban J connectivity index is 1.82. The van der Waals surface area contributed by atoms with E-state index in [1.807, 2.05) is 18.2 Å². The van der Waals surface area contributed by atoms with Crippen molar-refractivity contribution in [2.75, 3.05) is 6.61 Å². The second-order valence-electron chi connectivity index (χ2n) is 4.43. The van der Waals surface area contributed by atoms with E-state index in [4.69, 9.17) is 5.73 Å². The van der Waals surface area contributed by atoms with Crippen molar-refractivity contribution in [1.82, 2.24) is 0 Å². The van der Waals surface area contributed by atoms with E-state index in [9.17, 15) is 5.11 Å². The number of aliphatic hydroxyl groups excluding tert-OH is 1. The molecule has 1 saturated carbocycles. The average molecular weight is 237 g/mol. The fraction of sp³-hybridized carbons (Fsp3) is 0.538. The van der Waals surface area contributed by atoms with Crippen molar-refractivity contribution in [1.29, 1.82) is 0 Å². The van der Waals surface area contributed by atoms with Gasteiger partial charge >= 0.3 is 0 Å². The van der Waals surface area contributed by atoms with Gasteiger partial charge in [0.25, 0.3) is 0 Å². The van der Waals surface area contributed by atoms with Gasteiger partial charge in [-0.15, -0.1) is 11.8 Å². The summed E-state index contributed by atoms with van der Waals surface area (Å²) >= 11 is 1.78. The predicted octanol–water partition coefficient (Wildman–Crippen LogP) is 2.02. The lowest BCUT2D eigenvalue weighted by Crippen LogP contribution is -2.37. The Morgan fingerprint density at radius 2 is 2.00 bits per heavy atom. The number of hydrogen-bond acceptors (Lipinski definition) is 3. The first-order valence-electron chi connectivity index (χ1n) is 5.83. The molecule has 1 aliphatic rings. The highest BCUT2D eigenvalue weighted by Crippen LogP contribution is 2.36. The molecule has 1 fully saturated rings. The smallest absolute Gasteiger partial charge is 0.0565 e. The first kappa shape index (κ1) is 12.0. The van der Waals surface area contributed by atoms with Gasteiger partial charge in [-0.2, -0.15) is 0 Å². The quantitative estimate of drug-likeness (QED) is 0.795. The van der Waals surface area contributed by atoms with Crippen molar-refractivity contribution < 1.29 is 5.11 Å². The number of aliphatic hydroxyl groups is 1. The first-order valence-corrected chi connectivity index (χ1v) is 6.88. The SMILES string of the molecule is NC(C1CC1)C(CO)SCc1ccccc1. The molecule has 2 nitrogen and oxygen atoms in total. The second-order valence-corrected chi connectivity index (χ2v) is 5.66. The molecule has 3 heteroatoms. The van der Waals surface area contributed by atoms with E-state index in [-0.39, 0.29) is 17.9 Å². The topological polar surface area (TPSA) is 46.2 Å². The van der Waals surface area contributed by atoms with Gasteiger partial charge in [-0.25, -0.2) is 0 Å². The molecule has 0 spiro atoms. The Morgan fingerprint density at radius 3 is 2.56 bits per heavy atom. The van der Waals surface area contributed by atoms with Crippen LogP contribution in [0.4, 0.5) is 0 Å². The van der Waals surface area contributed by atoms with Crippen molar-refractivity contribution in [3.8, 4) is 0 Å². The summed E-state index contributed by atoms with van der Waals surface area (Å²) in [6, 6.07) is 10.5. The fourth-order valence-corrected chi connectivity index (χ4v) is 3.00. The van der Waals surface area contributed by atoms with Gasteiger partial charge in [0, 0.05) is 17.0 Å². The van der Waals surface area contributed by atoms with Crippen LogP contribution in [-0.2, 0) is 5.75 Å². The Morgan fingerprint density at radius 1 is 1.31 bits per heavy atom. The normalized spacial score (nSPS) is 19.4. The van der Waals surface area contributed by atoms with Gasteiger partial charge in [0.05, 0.1) is 6.61 Å². The lowest BCUT2D eigenvalue weighted by atomic mass is 10.1. The van der Waals surface area contributed by atoms with Gasteiger partial charge in [-0.1, -0.05) is 30.3 Å². The Labute approximate surface area is 101 Å². The van der Waals surface area contributed by atoms with Gasteiger partial charge in [0.1, 0.15) is 0 Å². The molecule has 0 saturated heterocycles. The zero-order valence-electron chi connectivity index (χ0n) is 9.38. The van der Waals surface area contributed by atoms with Gasteiger partial charge in [0.15, 0.2) is 0 Å². The van der Waals surface area contributed by atoms with Gasteiger partial charge < -0.3 is 10.8 Å². The van der Waals surface area contributed by atoms with E-state index in [0.29, 0.717) is 5.92 Å². The van der Waals surface area contributed by atoms with Crippen molar-refractivity contribution >= 4 is 11.8 Å². The van der Waals surface area contributed by atoms with Crippen LogP contribution >= 0.6 is 11.8 Å². The second kappa shape index (κ2) is 5.71. The molecule has 0 aliphatic heterocycles. The largest absolute Gasteiger partial charge is 0.395 e. The molecular weight excluding hydrogens is 218 g/mol. The molecule has 2 atom stereocenters. The summed E-state index contributed by atoms with van der Waals surface area (Å²) in [5.41, 5.74) is 7.42. The number of thioether (sulfide) groups is 1. The molecule has 2 unspecified atom stereocenters. The molecule has 3 N–H and O–H groups in total. The summed E-state index contributed by atoms with van der Waals surface area (Å²) in [5.74, 6) is 1.59. The highest BCUT2D eigenvalue weighted by Gasteiger charge is 2.33. The summed E-state index contributed by atoms with van der Waals surface area (Å²) in [5, 5.41) is 9.54. The summed E-state index contributed by atoms with van der Waals surface area (Å²) in [4.78, 5) is 0. The standard InChI is InChI=1S/C13H19NOS/c14-13(11-6-7-11)12(8-15)16-9-10-4-2-1-3-5-10/h1-5,11-13,15H,6-9,14H2. The van der Waals surface area contributed by atoms with Crippen LogP contribution in [0.3, 0.4) is 0 Å². The molecule has 16 heavy (non-hydrogen) atoms. The molecule has 1 aromatic carbocycles. The molecule has 1 aliphatic carbocycles. The van der Waals surface area contributed by atoms with Crippen molar-refractivity contribution in [3.63, 3.8) is 0 Å². The van der Waals surface area contributed by atoms with E-state index in [1.54, 1.807) is 11.8 Å². The van der Waals surface area contributed by atoms with Crippen molar-refractivity contribution in [2.24, 2.45) is 11.7 Å². The molecular formula is C13H19NOS. The van der Waals surface area contributed by atoms with Gasteiger partial charge in [0.2, 0.25) is 0 Å². The minimum Gasteiger partial charge on any atom is -0.395 e. The van der Waals surface area contributed by atoms with E-state index in [2.05, 4.69) is 12.1 Å². The molecule has 0 heterocycles. The Bertz CT molecular complexity index is 313. The minimum absolute atomic E-state index is 0.165. The number of nitrogens with two attached hydrogens (primary N) is 1. The predicted molar refractivity (Wildman–Crippen MR) is 69.3 cm³/mol. The van der Waals surface area contributed by atoms with E-state index in [1.165, 1.54) is 18.4 Å². The average Bonchev–Trinajstić information content (AvgIpc) is 3.15. The van der Waals surface area contributed by atoms with Crippen LogP contribution in [-0.4, -0.2) is 23.0 Å². The Hall–Kier alpha value is -0.510. The number of rotatable bonds is 6. The van der Waals surface area contributed by atoms with Crippen LogP contribution in [0.1, 0.15) is 18.4 Å². The van der Waals surface area contributed by atoms with Gasteiger partial charge in [-0.05, 0) is 24.3 Å². The van der Waals surface area contributed by atoms with Crippen LogP contribution in [0.2, 0.25) is 0 Å². The molecule has 0 amide bonds. The van der Waals surface area contributed by atoms with Crippen LogP contribution in [0.15, 0.2) is 30.3 Å². The highest BCUT2D eigenvalue weighted by molar-refractivity contribution is 7.99. The zero-order valence-corrected chi connectivity index (χ0v) is 10.2. The third-order valence-corrected chi connectivity index (χ3v) is 4.47. The third-order valence-electron chi connectivity index (χ3n) is 3.08. The van der Waals surface area contributed by atoms with Crippen LogP contribution in [0, 0.1) is 5.92 Å². The van der Waals surface area contributed by atoms with E-state index < -0.39 is 0 Å². The fourth-order valence-electron chi connectivity index (χ4n) is 1.85. The maximum atomic E-state index is 9.35. The molecule has 88 valence electrons. The zero-order chi connectivity index (χ0) is 11.4. The lowest BCUT2D eigenvalue weighted by Gasteiger charge is -2.21. The lowest BCUT2D eigenvalue weighted by molar-refractivity contribution is 0.277. The molecule has 0 radical (unpaired) electrons. The molecule has 0 aromatic heterocycles. The number of hydrogen-bond donors (Lipinski definition) is 2. The summed E-state index contributed by atoms with van der Waals surface area (Å²) < 4.78 is 0. The van der Waals surface area contributed by atoms with Crippen LogP contribution < -0.4 is 5.73 Å².